The standard InChI is InChI=1S/C25H30N4OS/c30-24(26-20-10-12-21(13-11-20)29-15-4-1-5-16-29)18-28-14-6-7-19(17-28)25-27-22-8-2-3-9-23(22)31-25/h2-3,8-13,19H,1,4-7,14-18H2,(H,26,30). The van der Waals surface area contributed by atoms with Crippen molar-refractivity contribution in [3.63, 3.8) is 0 Å². The molecular weight excluding hydrogens is 404 g/mol. The first kappa shape index (κ1) is 20.5. The molecule has 31 heavy (non-hydrogen) atoms. The summed E-state index contributed by atoms with van der Waals surface area (Å²) in [5.41, 5.74) is 3.23. The second-order valence-electron chi connectivity index (χ2n) is 8.74. The molecule has 1 atom stereocenters. The molecule has 1 unspecified atom stereocenters. The molecule has 0 bridgehead atoms. The van der Waals surface area contributed by atoms with Crippen molar-refractivity contribution in [2.45, 2.75) is 38.0 Å². The fourth-order valence-corrected chi connectivity index (χ4v) is 5.87. The average molecular weight is 435 g/mol. The van der Waals surface area contributed by atoms with E-state index in [-0.39, 0.29) is 5.91 Å². The molecule has 1 N–H and O–H groups in total. The van der Waals surface area contributed by atoms with Crippen molar-refractivity contribution in [3.05, 3.63) is 53.5 Å². The third-order valence-electron chi connectivity index (χ3n) is 6.40. The predicted molar refractivity (Wildman–Crippen MR) is 129 cm³/mol. The molecule has 5 rings (SSSR count). The molecule has 2 saturated heterocycles. The van der Waals surface area contributed by atoms with Gasteiger partial charge in [0.25, 0.3) is 0 Å². The predicted octanol–water partition coefficient (Wildman–Crippen LogP) is 5.10. The van der Waals surface area contributed by atoms with Crippen molar-refractivity contribution in [1.29, 1.82) is 0 Å². The SMILES string of the molecule is O=C(CN1CCCC(c2nc3ccccc3s2)C1)Nc1ccc(N2CCCCC2)cc1. The highest BCUT2D eigenvalue weighted by molar-refractivity contribution is 7.18. The molecule has 2 aromatic carbocycles. The van der Waals surface area contributed by atoms with Crippen LogP contribution in [0.2, 0.25) is 0 Å². The van der Waals surface area contributed by atoms with Crippen molar-refractivity contribution >= 4 is 38.8 Å². The van der Waals surface area contributed by atoms with E-state index in [0.29, 0.717) is 12.5 Å². The van der Waals surface area contributed by atoms with Crippen molar-refractivity contribution in [2.75, 3.05) is 42.9 Å². The number of hydrogen-bond donors (Lipinski definition) is 1. The van der Waals surface area contributed by atoms with Gasteiger partial charge in [-0.1, -0.05) is 12.1 Å². The Morgan fingerprint density at radius 3 is 2.61 bits per heavy atom. The number of nitrogens with zero attached hydrogens (tertiary/aromatic N) is 3. The molecule has 6 heteroatoms. The van der Waals surface area contributed by atoms with Crippen LogP contribution >= 0.6 is 11.3 Å². The lowest BCUT2D eigenvalue weighted by molar-refractivity contribution is -0.117. The smallest absolute Gasteiger partial charge is 0.238 e. The Bertz CT molecular complexity index is 992. The van der Waals surface area contributed by atoms with Crippen LogP contribution in [0.4, 0.5) is 11.4 Å². The van der Waals surface area contributed by atoms with E-state index in [1.807, 2.05) is 18.2 Å². The summed E-state index contributed by atoms with van der Waals surface area (Å²) >= 11 is 1.80. The van der Waals surface area contributed by atoms with E-state index in [1.54, 1.807) is 11.3 Å². The third kappa shape index (κ3) is 4.91. The van der Waals surface area contributed by atoms with E-state index in [2.05, 4.69) is 45.4 Å². The van der Waals surface area contributed by atoms with Crippen LogP contribution < -0.4 is 10.2 Å². The highest BCUT2D eigenvalue weighted by Gasteiger charge is 2.25. The molecular formula is C25H30N4OS. The number of carbonyl (C=O) groups excluding carboxylic acids is 1. The molecule has 2 fully saturated rings. The maximum Gasteiger partial charge on any atom is 0.238 e. The molecule has 5 nitrogen and oxygen atoms in total. The van der Waals surface area contributed by atoms with Crippen LogP contribution in [-0.4, -0.2) is 48.5 Å². The quantitative estimate of drug-likeness (QED) is 0.607. The van der Waals surface area contributed by atoms with Crippen LogP contribution in [-0.2, 0) is 4.79 Å². The Balaban J connectivity index is 1.16. The van der Waals surface area contributed by atoms with Gasteiger partial charge in [0.2, 0.25) is 5.91 Å². The number of piperidine rings is 2. The van der Waals surface area contributed by atoms with Gasteiger partial charge in [-0.2, -0.15) is 0 Å². The first-order valence-electron chi connectivity index (χ1n) is 11.5. The lowest BCUT2D eigenvalue weighted by atomic mass is 9.99. The summed E-state index contributed by atoms with van der Waals surface area (Å²) in [6, 6.07) is 16.7. The fraction of sp³-hybridized carbons (Fsp3) is 0.440. The summed E-state index contributed by atoms with van der Waals surface area (Å²) in [6.07, 6.45) is 6.13. The lowest BCUT2D eigenvalue weighted by Gasteiger charge is -2.31. The fourth-order valence-electron chi connectivity index (χ4n) is 4.78. The molecule has 3 aromatic rings. The minimum Gasteiger partial charge on any atom is -0.372 e. The van der Waals surface area contributed by atoms with Gasteiger partial charge >= 0.3 is 0 Å². The number of aromatic nitrogens is 1. The number of hydrogen-bond acceptors (Lipinski definition) is 5. The van der Waals surface area contributed by atoms with E-state index < -0.39 is 0 Å². The van der Waals surface area contributed by atoms with Gasteiger partial charge in [-0.3, -0.25) is 9.69 Å². The molecule has 0 aliphatic carbocycles. The zero-order valence-corrected chi connectivity index (χ0v) is 18.7. The topological polar surface area (TPSA) is 48.5 Å². The van der Waals surface area contributed by atoms with Crippen LogP contribution in [0.3, 0.4) is 0 Å². The highest BCUT2D eigenvalue weighted by atomic mass is 32.1. The van der Waals surface area contributed by atoms with Gasteiger partial charge in [0.15, 0.2) is 0 Å². The van der Waals surface area contributed by atoms with Crippen molar-refractivity contribution in [2.24, 2.45) is 0 Å². The summed E-state index contributed by atoms with van der Waals surface area (Å²) in [6.45, 7) is 4.59. The number of benzene rings is 2. The van der Waals surface area contributed by atoms with E-state index in [9.17, 15) is 4.79 Å². The Morgan fingerprint density at radius 1 is 1.00 bits per heavy atom. The molecule has 162 valence electrons. The Hall–Kier alpha value is -2.44. The first-order valence-corrected chi connectivity index (χ1v) is 12.3. The average Bonchev–Trinajstić information content (AvgIpc) is 3.25. The van der Waals surface area contributed by atoms with Crippen LogP contribution in [0.5, 0.6) is 0 Å². The number of fused-ring (bicyclic) bond motifs is 1. The van der Waals surface area contributed by atoms with Crippen molar-refractivity contribution < 1.29 is 4.79 Å². The van der Waals surface area contributed by atoms with Crippen LogP contribution in [0, 0.1) is 0 Å². The van der Waals surface area contributed by atoms with Gasteiger partial charge in [-0.25, -0.2) is 4.98 Å². The molecule has 1 aromatic heterocycles. The van der Waals surface area contributed by atoms with Crippen LogP contribution in [0.25, 0.3) is 10.2 Å². The van der Waals surface area contributed by atoms with Crippen LogP contribution in [0.1, 0.15) is 43.0 Å². The molecule has 1 amide bonds. The van der Waals surface area contributed by atoms with Gasteiger partial charge < -0.3 is 10.2 Å². The number of anilines is 2. The van der Waals surface area contributed by atoms with E-state index in [4.69, 9.17) is 4.98 Å². The number of para-hydroxylation sites is 1. The second kappa shape index (κ2) is 9.37. The molecule has 0 radical (unpaired) electrons. The van der Waals surface area contributed by atoms with Gasteiger partial charge in [-0.15, -0.1) is 11.3 Å². The summed E-state index contributed by atoms with van der Waals surface area (Å²) in [5, 5.41) is 4.29. The monoisotopic (exact) mass is 434 g/mol. The summed E-state index contributed by atoms with van der Waals surface area (Å²) in [5.74, 6) is 0.485. The number of thiazole rings is 1. The van der Waals surface area contributed by atoms with Crippen molar-refractivity contribution in [3.8, 4) is 0 Å². The van der Waals surface area contributed by atoms with Gasteiger partial charge in [0.1, 0.15) is 0 Å². The largest absolute Gasteiger partial charge is 0.372 e. The third-order valence-corrected chi connectivity index (χ3v) is 7.60. The number of nitrogens with one attached hydrogen (secondary N) is 1. The second-order valence-corrected chi connectivity index (χ2v) is 9.80. The molecule has 3 heterocycles. The number of rotatable bonds is 5. The summed E-state index contributed by atoms with van der Waals surface area (Å²) in [4.78, 5) is 22.2. The van der Waals surface area contributed by atoms with Gasteiger partial charge in [-0.05, 0) is 75.0 Å². The Kier molecular flexibility index (Phi) is 6.18. The Morgan fingerprint density at radius 2 is 1.81 bits per heavy atom. The normalized spacial score (nSPS) is 20.1. The van der Waals surface area contributed by atoms with Gasteiger partial charge in [0.05, 0.1) is 21.8 Å². The molecule has 2 aliphatic heterocycles. The first-order chi connectivity index (χ1) is 15.2. The van der Waals surface area contributed by atoms with E-state index >= 15 is 0 Å². The maximum atomic E-state index is 12.7. The zero-order chi connectivity index (χ0) is 21.0. The minimum absolute atomic E-state index is 0.0654. The highest BCUT2D eigenvalue weighted by Crippen LogP contribution is 2.33. The lowest BCUT2D eigenvalue weighted by Crippen LogP contribution is -2.39. The molecule has 0 saturated carbocycles. The van der Waals surface area contributed by atoms with Crippen LogP contribution in [0.15, 0.2) is 48.5 Å². The zero-order valence-electron chi connectivity index (χ0n) is 17.9. The molecule has 2 aliphatic rings. The number of carbonyl (C=O) groups is 1. The summed E-state index contributed by atoms with van der Waals surface area (Å²) < 4.78 is 1.25. The van der Waals surface area contributed by atoms with Crippen molar-refractivity contribution in [1.82, 2.24) is 9.88 Å². The van der Waals surface area contributed by atoms with E-state index in [1.165, 1.54) is 34.7 Å². The number of likely N-dealkylation sites (tertiary alicyclic amines) is 1. The molecule has 0 spiro atoms. The van der Waals surface area contributed by atoms with Gasteiger partial charge in [0, 0.05) is 36.9 Å². The summed E-state index contributed by atoms with van der Waals surface area (Å²) in [7, 11) is 0. The maximum absolute atomic E-state index is 12.7. The minimum atomic E-state index is 0.0654. The Labute approximate surface area is 188 Å². The van der Waals surface area contributed by atoms with E-state index in [0.717, 1.165) is 50.2 Å². The number of amides is 1.